The number of benzene rings is 2. The van der Waals surface area contributed by atoms with Gasteiger partial charge in [-0.15, -0.1) is 0 Å². The van der Waals surface area contributed by atoms with Crippen molar-refractivity contribution >= 4 is 5.97 Å². The monoisotopic (exact) mass is 395 g/mol. The molecule has 4 rings (SSSR count). The second-order valence-corrected chi connectivity index (χ2v) is 8.53. The number of hydrogen-bond acceptors (Lipinski definition) is 3. The molecule has 0 radical (unpaired) electrons. The van der Waals surface area contributed by atoms with E-state index in [1.807, 2.05) is 30.3 Å². The number of hydrogen-bond donors (Lipinski definition) is 0. The number of methoxy groups -OCH3 is 1. The predicted molar refractivity (Wildman–Crippen MR) is 112 cm³/mol. The maximum Gasteiger partial charge on any atom is 0.316 e. The molecule has 2 aromatic carbocycles. The highest BCUT2D eigenvalue weighted by Gasteiger charge is 2.45. The van der Waals surface area contributed by atoms with E-state index >= 15 is 0 Å². The Bertz CT molecular complexity index is 804. The number of esters is 1. The molecule has 1 aliphatic heterocycles. The quantitative estimate of drug-likeness (QED) is 0.678. The minimum absolute atomic E-state index is 0.0998. The summed E-state index contributed by atoms with van der Waals surface area (Å²) in [6, 6.07) is 17.7. The van der Waals surface area contributed by atoms with Crippen molar-refractivity contribution < 1.29 is 13.9 Å². The van der Waals surface area contributed by atoms with Crippen LogP contribution in [0.1, 0.15) is 55.6 Å². The molecule has 1 saturated heterocycles. The molecule has 0 unspecified atom stereocenters. The van der Waals surface area contributed by atoms with Crippen LogP contribution >= 0.6 is 0 Å². The van der Waals surface area contributed by atoms with E-state index in [1.165, 1.54) is 12.7 Å². The Morgan fingerprint density at radius 2 is 1.59 bits per heavy atom. The third kappa shape index (κ3) is 4.09. The van der Waals surface area contributed by atoms with E-state index in [9.17, 15) is 9.18 Å². The molecular formula is C25H30FNO2. The third-order valence-corrected chi connectivity index (χ3v) is 7.10. The molecule has 0 N–H and O–H groups in total. The predicted octanol–water partition coefficient (Wildman–Crippen LogP) is 5.06. The highest BCUT2D eigenvalue weighted by atomic mass is 19.1. The van der Waals surface area contributed by atoms with Gasteiger partial charge in [0.1, 0.15) is 5.82 Å². The van der Waals surface area contributed by atoms with Gasteiger partial charge in [0.15, 0.2) is 0 Å². The maximum atomic E-state index is 13.2. The minimum atomic E-state index is -0.501. The van der Waals surface area contributed by atoms with Gasteiger partial charge in [-0.05, 0) is 80.8 Å². The SMILES string of the molecule is COC(=O)[C@]1(c2ccccc2)CC[C@@H](N2CCC(c3ccc(F)cc3)CC2)CC1. The van der Waals surface area contributed by atoms with Gasteiger partial charge < -0.3 is 9.64 Å². The van der Waals surface area contributed by atoms with Crippen molar-refractivity contribution in [3.8, 4) is 0 Å². The lowest BCUT2D eigenvalue weighted by Gasteiger charge is -2.44. The fraction of sp³-hybridized carbons (Fsp3) is 0.480. The number of carbonyl (C=O) groups is 1. The molecule has 154 valence electrons. The zero-order valence-electron chi connectivity index (χ0n) is 17.1. The Labute approximate surface area is 172 Å². The first-order valence-corrected chi connectivity index (χ1v) is 10.8. The highest BCUT2D eigenvalue weighted by Crippen LogP contribution is 2.42. The first kappa shape index (κ1) is 20.1. The van der Waals surface area contributed by atoms with Gasteiger partial charge in [0.25, 0.3) is 0 Å². The van der Waals surface area contributed by atoms with Crippen LogP contribution in [0.15, 0.2) is 54.6 Å². The second-order valence-electron chi connectivity index (χ2n) is 8.53. The number of rotatable bonds is 4. The maximum absolute atomic E-state index is 13.2. The summed E-state index contributed by atoms with van der Waals surface area (Å²) >= 11 is 0. The molecule has 3 nitrogen and oxygen atoms in total. The Hall–Kier alpha value is -2.20. The van der Waals surface area contributed by atoms with Gasteiger partial charge in [-0.3, -0.25) is 4.79 Å². The fourth-order valence-electron chi connectivity index (χ4n) is 5.36. The molecule has 2 fully saturated rings. The van der Waals surface area contributed by atoms with E-state index in [0.717, 1.165) is 57.2 Å². The van der Waals surface area contributed by atoms with Crippen molar-refractivity contribution in [3.05, 3.63) is 71.5 Å². The molecule has 0 atom stereocenters. The summed E-state index contributed by atoms with van der Waals surface area (Å²) in [5.74, 6) is 0.256. The standard InChI is InChI=1S/C25H30FNO2/c1-29-24(28)25(21-5-3-2-4-6-21)15-11-23(12-16-25)27-17-13-20(14-18-27)19-7-9-22(26)10-8-19/h2-10,20,23H,11-18H2,1H3/t23-,25-. The number of ether oxygens (including phenoxy) is 1. The summed E-state index contributed by atoms with van der Waals surface area (Å²) in [7, 11) is 1.50. The molecule has 1 aliphatic carbocycles. The van der Waals surface area contributed by atoms with Crippen molar-refractivity contribution in [2.24, 2.45) is 0 Å². The third-order valence-electron chi connectivity index (χ3n) is 7.10. The largest absolute Gasteiger partial charge is 0.468 e. The molecule has 1 heterocycles. The fourth-order valence-corrected chi connectivity index (χ4v) is 5.36. The van der Waals surface area contributed by atoms with Crippen molar-refractivity contribution in [2.75, 3.05) is 20.2 Å². The Balaban J connectivity index is 1.38. The summed E-state index contributed by atoms with van der Waals surface area (Å²) in [4.78, 5) is 15.3. The molecule has 0 bridgehead atoms. The molecule has 0 spiro atoms. The Morgan fingerprint density at radius 3 is 2.17 bits per heavy atom. The number of piperidine rings is 1. The van der Waals surface area contributed by atoms with Crippen LogP contribution in [0.25, 0.3) is 0 Å². The van der Waals surface area contributed by atoms with Crippen LogP contribution in [0.5, 0.6) is 0 Å². The summed E-state index contributed by atoms with van der Waals surface area (Å²) in [6.07, 6.45) is 5.95. The van der Waals surface area contributed by atoms with Gasteiger partial charge in [0.2, 0.25) is 0 Å². The topological polar surface area (TPSA) is 29.5 Å². The van der Waals surface area contributed by atoms with Crippen molar-refractivity contribution in [1.82, 2.24) is 4.90 Å². The highest BCUT2D eigenvalue weighted by molar-refractivity contribution is 5.83. The lowest BCUT2D eigenvalue weighted by atomic mass is 9.67. The smallest absolute Gasteiger partial charge is 0.316 e. The van der Waals surface area contributed by atoms with Gasteiger partial charge >= 0.3 is 5.97 Å². The average Bonchev–Trinajstić information content (AvgIpc) is 2.80. The van der Waals surface area contributed by atoms with Gasteiger partial charge in [-0.25, -0.2) is 4.39 Å². The average molecular weight is 396 g/mol. The first-order valence-electron chi connectivity index (χ1n) is 10.8. The van der Waals surface area contributed by atoms with Crippen LogP contribution in [0, 0.1) is 5.82 Å². The van der Waals surface area contributed by atoms with Gasteiger partial charge in [0, 0.05) is 6.04 Å². The lowest BCUT2D eigenvalue weighted by molar-refractivity contribution is -0.149. The van der Waals surface area contributed by atoms with Gasteiger partial charge in [-0.1, -0.05) is 42.5 Å². The van der Waals surface area contributed by atoms with Gasteiger partial charge in [0.05, 0.1) is 12.5 Å². The first-order chi connectivity index (χ1) is 14.1. The number of halogens is 1. The molecule has 2 aromatic rings. The molecule has 0 amide bonds. The van der Waals surface area contributed by atoms with E-state index in [0.29, 0.717) is 12.0 Å². The zero-order chi connectivity index (χ0) is 20.3. The van der Waals surface area contributed by atoms with Crippen LogP contribution < -0.4 is 0 Å². The van der Waals surface area contributed by atoms with Crippen LogP contribution in [-0.4, -0.2) is 37.1 Å². The molecule has 0 aromatic heterocycles. The Morgan fingerprint density at radius 1 is 0.966 bits per heavy atom. The molecule has 1 saturated carbocycles. The number of carbonyl (C=O) groups excluding carboxylic acids is 1. The van der Waals surface area contributed by atoms with Crippen molar-refractivity contribution in [2.45, 2.75) is 55.9 Å². The summed E-state index contributed by atoms with van der Waals surface area (Å²) in [5, 5.41) is 0. The van der Waals surface area contributed by atoms with E-state index in [1.54, 1.807) is 12.1 Å². The summed E-state index contributed by atoms with van der Waals surface area (Å²) < 4.78 is 18.4. The van der Waals surface area contributed by atoms with Crippen LogP contribution in [-0.2, 0) is 14.9 Å². The second kappa shape index (κ2) is 8.66. The van der Waals surface area contributed by atoms with Crippen LogP contribution in [0.3, 0.4) is 0 Å². The van der Waals surface area contributed by atoms with Crippen LogP contribution in [0.2, 0.25) is 0 Å². The Kier molecular flexibility index (Phi) is 6.00. The normalized spacial score (nSPS) is 26.2. The molecule has 4 heteroatoms. The number of nitrogens with zero attached hydrogens (tertiary/aromatic N) is 1. The van der Waals surface area contributed by atoms with Crippen molar-refractivity contribution in [1.29, 1.82) is 0 Å². The molecule has 2 aliphatic rings. The van der Waals surface area contributed by atoms with E-state index < -0.39 is 5.41 Å². The number of likely N-dealkylation sites (tertiary alicyclic amines) is 1. The zero-order valence-corrected chi connectivity index (χ0v) is 17.1. The van der Waals surface area contributed by atoms with E-state index in [2.05, 4.69) is 17.0 Å². The molecule has 29 heavy (non-hydrogen) atoms. The lowest BCUT2D eigenvalue weighted by Crippen LogP contribution is -2.48. The van der Waals surface area contributed by atoms with Crippen molar-refractivity contribution in [3.63, 3.8) is 0 Å². The van der Waals surface area contributed by atoms with Crippen LogP contribution in [0.4, 0.5) is 4.39 Å². The van der Waals surface area contributed by atoms with E-state index in [-0.39, 0.29) is 11.8 Å². The van der Waals surface area contributed by atoms with Gasteiger partial charge in [-0.2, -0.15) is 0 Å². The summed E-state index contributed by atoms with van der Waals surface area (Å²) in [6.45, 7) is 2.15. The molecular weight excluding hydrogens is 365 g/mol. The summed E-state index contributed by atoms with van der Waals surface area (Å²) in [5.41, 5.74) is 1.84. The van der Waals surface area contributed by atoms with E-state index in [4.69, 9.17) is 4.74 Å². The minimum Gasteiger partial charge on any atom is -0.468 e.